The summed E-state index contributed by atoms with van der Waals surface area (Å²) in [6.45, 7) is 1.52. The molecule has 1 amide bonds. The van der Waals surface area contributed by atoms with Gasteiger partial charge in [0.1, 0.15) is 28.5 Å². The van der Waals surface area contributed by atoms with E-state index in [1.54, 1.807) is 25.1 Å². The average molecular weight is 463 g/mol. The van der Waals surface area contributed by atoms with E-state index < -0.39 is 23.1 Å². The molecular weight excluding hydrogens is 446 g/mol. The number of benzene rings is 2. The minimum Gasteiger partial charge on any atom is -0.487 e. The minimum atomic E-state index is -0.738. The lowest BCUT2D eigenvalue weighted by molar-refractivity contribution is 0.1000. The number of primary amides is 1. The van der Waals surface area contributed by atoms with Crippen molar-refractivity contribution in [3.63, 3.8) is 0 Å². The molecule has 0 aliphatic rings. The molecule has 3 aromatic rings. The number of pyridine rings is 1. The van der Waals surface area contributed by atoms with Crippen molar-refractivity contribution < 1.29 is 18.3 Å². The summed E-state index contributed by atoms with van der Waals surface area (Å²) in [7, 11) is 0. The van der Waals surface area contributed by atoms with E-state index >= 15 is 0 Å². The Kier molecular flexibility index (Phi) is 6.12. The summed E-state index contributed by atoms with van der Waals surface area (Å²) in [5.74, 6) is -1.72. The normalized spacial score (nSPS) is 10.8. The molecule has 0 radical (unpaired) electrons. The Morgan fingerprint density at radius 3 is 2.66 bits per heavy atom. The van der Waals surface area contributed by atoms with Crippen LogP contribution in [0.1, 0.15) is 32.7 Å². The predicted molar refractivity (Wildman–Crippen MR) is 108 cm³/mol. The van der Waals surface area contributed by atoms with Crippen LogP contribution in [0, 0.1) is 18.6 Å². The van der Waals surface area contributed by atoms with Gasteiger partial charge in [-0.25, -0.2) is 8.78 Å². The topological polar surface area (TPSA) is 85.2 Å². The molecule has 0 spiro atoms. The molecule has 8 heteroatoms. The second kappa shape index (κ2) is 8.57. The molecular formula is C21H17BrF2N2O3. The van der Waals surface area contributed by atoms with E-state index in [-0.39, 0.29) is 22.4 Å². The monoisotopic (exact) mass is 462 g/mol. The van der Waals surface area contributed by atoms with Crippen molar-refractivity contribution in [1.29, 1.82) is 0 Å². The number of ether oxygens (including phenoxy) is 1. The third-order valence-electron chi connectivity index (χ3n) is 4.41. The maximum Gasteiger partial charge on any atom is 0.266 e. The smallest absolute Gasteiger partial charge is 0.266 e. The first-order chi connectivity index (χ1) is 13.8. The summed E-state index contributed by atoms with van der Waals surface area (Å²) in [6, 6.07) is 9.98. The molecule has 0 atom stereocenters. The molecule has 0 unspecified atom stereocenters. The zero-order valence-corrected chi connectivity index (χ0v) is 17.0. The van der Waals surface area contributed by atoms with E-state index in [2.05, 4.69) is 20.9 Å². The zero-order valence-electron chi connectivity index (χ0n) is 15.4. The fraction of sp³-hybridized carbons (Fsp3) is 0.143. The number of aromatic amines is 1. The molecule has 0 saturated heterocycles. The van der Waals surface area contributed by atoms with Gasteiger partial charge in [0.05, 0.1) is 0 Å². The fourth-order valence-corrected chi connectivity index (χ4v) is 3.35. The first-order valence-corrected chi connectivity index (χ1v) is 9.42. The summed E-state index contributed by atoms with van der Waals surface area (Å²) in [4.78, 5) is 26.3. The maximum absolute atomic E-state index is 13.9. The molecule has 3 N–H and O–H groups in total. The summed E-state index contributed by atoms with van der Waals surface area (Å²) < 4.78 is 33.0. The van der Waals surface area contributed by atoms with E-state index in [1.807, 2.05) is 6.07 Å². The van der Waals surface area contributed by atoms with Crippen LogP contribution >= 0.6 is 15.9 Å². The number of carbonyl (C=O) groups is 1. The van der Waals surface area contributed by atoms with Crippen LogP contribution in [-0.4, -0.2) is 10.9 Å². The molecule has 29 heavy (non-hydrogen) atoms. The van der Waals surface area contributed by atoms with Crippen molar-refractivity contribution in [2.75, 3.05) is 0 Å². The molecule has 150 valence electrons. The van der Waals surface area contributed by atoms with Gasteiger partial charge in [0.15, 0.2) is 0 Å². The van der Waals surface area contributed by atoms with Gasteiger partial charge in [0, 0.05) is 34.9 Å². The Morgan fingerprint density at radius 1 is 1.21 bits per heavy atom. The van der Waals surface area contributed by atoms with Crippen molar-refractivity contribution in [3.8, 4) is 5.75 Å². The molecule has 0 aliphatic heterocycles. The Balaban J connectivity index is 1.97. The van der Waals surface area contributed by atoms with Crippen molar-refractivity contribution in [3.05, 3.63) is 96.9 Å². The number of aromatic nitrogens is 1. The van der Waals surface area contributed by atoms with Gasteiger partial charge in [-0.3, -0.25) is 9.59 Å². The van der Waals surface area contributed by atoms with Crippen LogP contribution in [0.4, 0.5) is 8.78 Å². The van der Waals surface area contributed by atoms with E-state index in [1.165, 1.54) is 6.07 Å². The average Bonchev–Trinajstić information content (AvgIpc) is 2.67. The molecule has 1 aromatic heterocycles. The molecule has 0 aliphatic carbocycles. The van der Waals surface area contributed by atoms with Crippen molar-refractivity contribution >= 4 is 21.8 Å². The summed E-state index contributed by atoms with van der Waals surface area (Å²) >= 11 is 3.22. The molecule has 0 bridgehead atoms. The molecule has 0 fully saturated rings. The number of carbonyl (C=O) groups excluding carboxylic acids is 1. The summed E-state index contributed by atoms with van der Waals surface area (Å²) in [6.07, 6.45) is 0.337. The van der Waals surface area contributed by atoms with Crippen molar-refractivity contribution in [2.24, 2.45) is 5.73 Å². The van der Waals surface area contributed by atoms with Gasteiger partial charge in [0.2, 0.25) is 5.91 Å². The van der Waals surface area contributed by atoms with Gasteiger partial charge >= 0.3 is 0 Å². The second-order valence-electron chi connectivity index (χ2n) is 6.47. The maximum atomic E-state index is 13.9. The highest BCUT2D eigenvalue weighted by molar-refractivity contribution is 9.10. The molecule has 5 nitrogen and oxygen atoms in total. The lowest BCUT2D eigenvalue weighted by Crippen LogP contribution is -2.15. The lowest BCUT2D eigenvalue weighted by atomic mass is 10.0. The highest BCUT2D eigenvalue weighted by Gasteiger charge is 2.17. The SMILES string of the molecule is Cc1[nH]c(=O)c(Br)c(OCc2ccc(F)cc2F)c1Cc1cccc(C(N)=O)c1. The van der Waals surface area contributed by atoms with Crippen LogP contribution in [0.15, 0.2) is 51.7 Å². The molecule has 2 aromatic carbocycles. The van der Waals surface area contributed by atoms with Crippen LogP contribution in [0.3, 0.4) is 0 Å². The Bertz CT molecular complexity index is 1150. The number of halogens is 3. The summed E-state index contributed by atoms with van der Waals surface area (Å²) in [5.41, 5.74) is 7.45. The van der Waals surface area contributed by atoms with Gasteiger partial charge in [-0.05, 0) is 52.7 Å². The van der Waals surface area contributed by atoms with Crippen LogP contribution in [-0.2, 0) is 13.0 Å². The van der Waals surface area contributed by atoms with Crippen molar-refractivity contribution in [1.82, 2.24) is 4.98 Å². The predicted octanol–water partition coefficient (Wildman–Crippen LogP) is 3.99. The Morgan fingerprint density at radius 2 is 1.97 bits per heavy atom. The standard InChI is InChI=1S/C21H17BrF2N2O3/c1-11-16(8-12-3-2-4-13(7-12)20(25)27)19(18(22)21(28)26-11)29-10-14-5-6-15(23)9-17(14)24/h2-7,9H,8,10H2,1H3,(H2,25,27)(H,26,28). The molecule has 0 saturated carbocycles. The molecule has 3 rings (SSSR count). The highest BCUT2D eigenvalue weighted by atomic mass is 79.9. The second-order valence-corrected chi connectivity index (χ2v) is 7.26. The zero-order chi connectivity index (χ0) is 21.1. The first-order valence-electron chi connectivity index (χ1n) is 8.63. The Hall–Kier alpha value is -3.00. The lowest BCUT2D eigenvalue weighted by Gasteiger charge is -2.16. The van der Waals surface area contributed by atoms with Crippen molar-refractivity contribution in [2.45, 2.75) is 20.0 Å². The van der Waals surface area contributed by atoms with E-state index in [4.69, 9.17) is 10.5 Å². The van der Waals surface area contributed by atoms with Crippen LogP contribution in [0.2, 0.25) is 0 Å². The third kappa shape index (κ3) is 4.71. The molecule has 1 heterocycles. The van der Waals surface area contributed by atoms with Gasteiger partial charge in [0.25, 0.3) is 5.56 Å². The van der Waals surface area contributed by atoms with Gasteiger partial charge in [-0.2, -0.15) is 0 Å². The Labute approximate surface area is 173 Å². The van der Waals surface area contributed by atoms with Gasteiger partial charge < -0.3 is 15.5 Å². The quantitative estimate of drug-likeness (QED) is 0.580. The number of nitrogens with two attached hydrogens (primary N) is 1. The van der Waals surface area contributed by atoms with Crippen LogP contribution in [0.25, 0.3) is 0 Å². The van der Waals surface area contributed by atoms with Crippen LogP contribution in [0.5, 0.6) is 5.75 Å². The number of aryl methyl sites for hydroxylation is 1. The van der Waals surface area contributed by atoms with Gasteiger partial charge in [-0.1, -0.05) is 12.1 Å². The summed E-state index contributed by atoms with van der Waals surface area (Å²) in [5, 5.41) is 0. The largest absolute Gasteiger partial charge is 0.487 e. The fourth-order valence-electron chi connectivity index (χ4n) is 2.90. The number of rotatable bonds is 6. The van der Waals surface area contributed by atoms with E-state index in [0.717, 1.165) is 17.7 Å². The number of amides is 1. The first kappa shape index (κ1) is 20.7. The number of hydrogen-bond donors (Lipinski definition) is 2. The number of nitrogens with one attached hydrogen (secondary N) is 1. The number of H-pyrrole nitrogens is 1. The van der Waals surface area contributed by atoms with Crippen LogP contribution < -0.4 is 16.0 Å². The third-order valence-corrected chi connectivity index (χ3v) is 5.13. The van der Waals surface area contributed by atoms with E-state index in [0.29, 0.717) is 23.2 Å². The minimum absolute atomic E-state index is 0.151. The van der Waals surface area contributed by atoms with Gasteiger partial charge in [-0.15, -0.1) is 0 Å². The number of hydrogen-bond acceptors (Lipinski definition) is 3. The highest BCUT2D eigenvalue weighted by Crippen LogP contribution is 2.31. The van der Waals surface area contributed by atoms with E-state index in [9.17, 15) is 18.4 Å².